The lowest BCUT2D eigenvalue weighted by atomic mass is 10.1. The van der Waals surface area contributed by atoms with Gasteiger partial charge in [-0.05, 0) is 32.2 Å². The molecule has 0 heterocycles. The first kappa shape index (κ1) is 14.6. The number of hydrogen-bond donors (Lipinski definition) is 0. The van der Waals surface area contributed by atoms with Crippen molar-refractivity contribution in [2.75, 3.05) is 19.5 Å². The van der Waals surface area contributed by atoms with Crippen molar-refractivity contribution in [2.45, 2.75) is 18.7 Å². The molecule has 18 heavy (non-hydrogen) atoms. The van der Waals surface area contributed by atoms with Crippen LogP contribution in [0.5, 0.6) is 0 Å². The molecule has 0 aromatic heterocycles. The number of ether oxygens (including phenoxy) is 2. The first-order valence-corrected chi connectivity index (χ1v) is 6.89. The highest BCUT2D eigenvalue weighted by atomic mass is 32.2. The largest absolute Gasteiger partial charge is 0.462 e. The van der Waals surface area contributed by atoms with Gasteiger partial charge in [0.2, 0.25) is 0 Å². The smallest absolute Gasteiger partial charge is 0.339 e. The van der Waals surface area contributed by atoms with Crippen LogP contribution in [-0.4, -0.2) is 31.4 Å². The van der Waals surface area contributed by atoms with Gasteiger partial charge in [-0.15, -0.1) is 11.8 Å². The normalized spacial score (nSPS) is 9.94. The van der Waals surface area contributed by atoms with Gasteiger partial charge < -0.3 is 9.47 Å². The van der Waals surface area contributed by atoms with Crippen LogP contribution in [0.1, 0.15) is 34.6 Å². The van der Waals surface area contributed by atoms with Gasteiger partial charge in [-0.1, -0.05) is 6.07 Å². The van der Waals surface area contributed by atoms with Gasteiger partial charge in [0.25, 0.3) is 0 Å². The Morgan fingerprint density at radius 3 is 1.83 bits per heavy atom. The third-order valence-corrected chi connectivity index (χ3v) is 3.06. The van der Waals surface area contributed by atoms with E-state index < -0.39 is 11.9 Å². The number of thioether (sulfide) groups is 1. The SMILES string of the molecule is CCOC(=O)c1cccc(C(=O)OCC)c1SC. The lowest BCUT2D eigenvalue weighted by Crippen LogP contribution is -2.11. The van der Waals surface area contributed by atoms with Crippen molar-refractivity contribution in [3.8, 4) is 0 Å². The monoisotopic (exact) mass is 268 g/mol. The third kappa shape index (κ3) is 3.26. The van der Waals surface area contributed by atoms with E-state index >= 15 is 0 Å². The predicted octanol–water partition coefficient (Wildman–Crippen LogP) is 2.76. The summed E-state index contributed by atoms with van der Waals surface area (Å²) < 4.78 is 9.92. The van der Waals surface area contributed by atoms with Gasteiger partial charge in [0.15, 0.2) is 0 Å². The minimum Gasteiger partial charge on any atom is -0.462 e. The van der Waals surface area contributed by atoms with Crippen LogP contribution in [0.2, 0.25) is 0 Å². The summed E-state index contributed by atoms with van der Waals surface area (Å²) in [6.45, 7) is 4.09. The Balaban J connectivity index is 3.17. The van der Waals surface area contributed by atoms with Gasteiger partial charge in [0.1, 0.15) is 0 Å². The molecule has 98 valence electrons. The second-order valence-corrected chi connectivity index (χ2v) is 4.14. The van der Waals surface area contributed by atoms with E-state index in [2.05, 4.69) is 0 Å². The molecule has 5 heteroatoms. The van der Waals surface area contributed by atoms with Gasteiger partial charge in [-0.2, -0.15) is 0 Å². The van der Waals surface area contributed by atoms with E-state index in [4.69, 9.17) is 9.47 Å². The highest BCUT2D eigenvalue weighted by Crippen LogP contribution is 2.26. The standard InChI is InChI=1S/C13H16O4S/c1-4-16-12(14)9-7-6-8-10(11(9)18-3)13(15)17-5-2/h6-8H,4-5H2,1-3H3. The van der Waals surface area contributed by atoms with Crippen LogP contribution in [0, 0.1) is 0 Å². The number of esters is 2. The lowest BCUT2D eigenvalue weighted by Gasteiger charge is -2.11. The first-order chi connectivity index (χ1) is 8.65. The molecule has 0 radical (unpaired) electrons. The summed E-state index contributed by atoms with van der Waals surface area (Å²) >= 11 is 1.33. The van der Waals surface area contributed by atoms with Crippen LogP contribution in [0.25, 0.3) is 0 Å². The fourth-order valence-electron chi connectivity index (χ4n) is 1.50. The van der Waals surface area contributed by atoms with Crippen molar-refractivity contribution in [1.29, 1.82) is 0 Å². The van der Waals surface area contributed by atoms with Gasteiger partial charge in [-0.25, -0.2) is 9.59 Å². The average Bonchev–Trinajstić information content (AvgIpc) is 2.38. The Morgan fingerprint density at radius 1 is 1.06 bits per heavy atom. The molecule has 0 amide bonds. The summed E-state index contributed by atoms with van der Waals surface area (Å²) in [7, 11) is 0. The van der Waals surface area contributed by atoms with Gasteiger partial charge in [0, 0.05) is 4.90 Å². The molecule has 0 aliphatic rings. The van der Waals surface area contributed by atoms with Crippen LogP contribution in [0.15, 0.2) is 23.1 Å². The van der Waals surface area contributed by atoms with Crippen LogP contribution >= 0.6 is 11.8 Å². The minimum atomic E-state index is -0.423. The second-order valence-electron chi connectivity index (χ2n) is 3.33. The minimum absolute atomic E-state index is 0.302. The van der Waals surface area contributed by atoms with E-state index in [1.807, 2.05) is 0 Å². The summed E-state index contributed by atoms with van der Waals surface area (Å²) in [5, 5.41) is 0. The molecule has 0 atom stereocenters. The molecule has 0 unspecified atom stereocenters. The predicted molar refractivity (Wildman–Crippen MR) is 70.1 cm³/mol. The van der Waals surface area contributed by atoms with E-state index in [1.165, 1.54) is 11.8 Å². The van der Waals surface area contributed by atoms with Crippen molar-refractivity contribution < 1.29 is 19.1 Å². The van der Waals surface area contributed by atoms with E-state index in [-0.39, 0.29) is 0 Å². The maximum absolute atomic E-state index is 11.8. The van der Waals surface area contributed by atoms with Crippen molar-refractivity contribution in [2.24, 2.45) is 0 Å². The summed E-state index contributed by atoms with van der Waals surface area (Å²) in [4.78, 5) is 24.1. The maximum Gasteiger partial charge on any atom is 0.339 e. The highest BCUT2D eigenvalue weighted by molar-refractivity contribution is 7.98. The quantitative estimate of drug-likeness (QED) is 0.607. The Bertz CT molecular complexity index is 406. The van der Waals surface area contributed by atoms with Gasteiger partial charge >= 0.3 is 11.9 Å². The molecule has 0 saturated heterocycles. The summed E-state index contributed by atoms with van der Waals surface area (Å²) in [5.41, 5.74) is 0.796. The fraction of sp³-hybridized carbons (Fsp3) is 0.385. The van der Waals surface area contributed by atoms with Crippen molar-refractivity contribution in [3.05, 3.63) is 29.3 Å². The number of benzene rings is 1. The van der Waals surface area contributed by atoms with E-state index in [9.17, 15) is 9.59 Å². The molecule has 0 saturated carbocycles. The van der Waals surface area contributed by atoms with Crippen molar-refractivity contribution in [3.63, 3.8) is 0 Å². The zero-order valence-corrected chi connectivity index (χ0v) is 11.5. The summed E-state index contributed by atoms with van der Waals surface area (Å²) in [5.74, 6) is -0.846. The Hall–Kier alpha value is -1.49. The molecule has 1 aromatic carbocycles. The van der Waals surface area contributed by atoms with Crippen molar-refractivity contribution >= 4 is 23.7 Å². The Labute approximate surface area is 111 Å². The molecule has 1 rings (SSSR count). The van der Waals surface area contributed by atoms with E-state index in [1.54, 1.807) is 38.3 Å². The van der Waals surface area contributed by atoms with Crippen LogP contribution in [0.4, 0.5) is 0 Å². The zero-order chi connectivity index (χ0) is 13.5. The fourth-order valence-corrected chi connectivity index (χ4v) is 2.24. The Kier molecular flexibility index (Phi) is 5.71. The van der Waals surface area contributed by atoms with Crippen LogP contribution in [-0.2, 0) is 9.47 Å². The van der Waals surface area contributed by atoms with Crippen LogP contribution < -0.4 is 0 Å². The topological polar surface area (TPSA) is 52.6 Å². The number of rotatable bonds is 5. The summed E-state index contributed by atoms with van der Waals surface area (Å²) in [6, 6.07) is 4.94. The van der Waals surface area contributed by atoms with Gasteiger partial charge in [0.05, 0.1) is 24.3 Å². The number of carbonyl (C=O) groups is 2. The Morgan fingerprint density at radius 2 is 1.50 bits per heavy atom. The molecule has 4 nitrogen and oxygen atoms in total. The van der Waals surface area contributed by atoms with E-state index in [0.29, 0.717) is 29.2 Å². The maximum atomic E-state index is 11.8. The molecule has 0 aliphatic carbocycles. The molecule has 0 fully saturated rings. The van der Waals surface area contributed by atoms with Gasteiger partial charge in [-0.3, -0.25) is 0 Å². The second kappa shape index (κ2) is 7.06. The molecular weight excluding hydrogens is 252 g/mol. The average molecular weight is 268 g/mol. The number of carbonyl (C=O) groups excluding carboxylic acids is 2. The molecule has 0 spiro atoms. The van der Waals surface area contributed by atoms with Crippen LogP contribution in [0.3, 0.4) is 0 Å². The van der Waals surface area contributed by atoms with E-state index in [0.717, 1.165) is 0 Å². The molecule has 0 bridgehead atoms. The molecule has 0 N–H and O–H groups in total. The number of hydrogen-bond acceptors (Lipinski definition) is 5. The first-order valence-electron chi connectivity index (χ1n) is 5.66. The molecular formula is C13H16O4S. The molecule has 0 aliphatic heterocycles. The lowest BCUT2D eigenvalue weighted by molar-refractivity contribution is 0.0517. The van der Waals surface area contributed by atoms with Crippen molar-refractivity contribution in [1.82, 2.24) is 0 Å². The highest BCUT2D eigenvalue weighted by Gasteiger charge is 2.19. The summed E-state index contributed by atoms with van der Waals surface area (Å²) in [6.07, 6.45) is 1.81. The zero-order valence-electron chi connectivity index (χ0n) is 10.7. The molecule has 1 aromatic rings. The third-order valence-electron chi connectivity index (χ3n) is 2.21.